The zero-order valence-corrected chi connectivity index (χ0v) is 15.5. The van der Waals surface area contributed by atoms with Crippen LogP contribution in [0.2, 0.25) is 0 Å². The van der Waals surface area contributed by atoms with Crippen LogP contribution in [0.1, 0.15) is 23.2 Å². The van der Waals surface area contributed by atoms with Crippen molar-refractivity contribution in [3.63, 3.8) is 0 Å². The van der Waals surface area contributed by atoms with Gasteiger partial charge < -0.3 is 4.74 Å². The highest BCUT2D eigenvalue weighted by molar-refractivity contribution is 7.14. The molecular weight excluding hydrogens is 363 g/mol. The molecule has 4 nitrogen and oxygen atoms in total. The van der Waals surface area contributed by atoms with Crippen LogP contribution in [-0.2, 0) is 4.74 Å². The van der Waals surface area contributed by atoms with Crippen molar-refractivity contribution in [3.05, 3.63) is 71.4 Å². The van der Waals surface area contributed by atoms with E-state index in [0.29, 0.717) is 18.3 Å². The van der Waals surface area contributed by atoms with Crippen LogP contribution in [0, 0.1) is 5.82 Å². The summed E-state index contributed by atoms with van der Waals surface area (Å²) in [7, 11) is 0. The molecule has 1 amide bonds. The zero-order chi connectivity index (χ0) is 18.6. The minimum absolute atomic E-state index is 0.0481. The lowest BCUT2D eigenvalue weighted by Gasteiger charge is -2.23. The van der Waals surface area contributed by atoms with Crippen LogP contribution >= 0.6 is 11.3 Å². The van der Waals surface area contributed by atoms with Gasteiger partial charge in [0, 0.05) is 17.6 Å². The SMILES string of the molecule is O=C(c1ccccc1F)N(C[C@H]1CCCO1)c1nc(-c2ccccc2)cs1. The molecule has 2 heterocycles. The Bertz CT molecular complexity index is 923. The standard InChI is InChI=1S/C21H19FN2O2S/c22-18-11-5-4-10-17(18)20(25)24(13-16-9-6-12-26-16)21-23-19(14-27-21)15-7-2-1-3-8-15/h1-5,7-8,10-11,14,16H,6,9,12-13H2/t16-/m1/s1. The Morgan fingerprint density at radius 2 is 1.96 bits per heavy atom. The number of carbonyl (C=O) groups excluding carboxylic acids is 1. The average molecular weight is 382 g/mol. The second-order valence-electron chi connectivity index (χ2n) is 6.41. The van der Waals surface area contributed by atoms with E-state index < -0.39 is 11.7 Å². The van der Waals surface area contributed by atoms with Gasteiger partial charge in [0.25, 0.3) is 5.91 Å². The normalized spacial score (nSPS) is 16.4. The molecule has 138 valence electrons. The molecule has 0 saturated carbocycles. The number of carbonyl (C=O) groups is 1. The topological polar surface area (TPSA) is 42.4 Å². The molecule has 1 fully saturated rings. The Labute approximate surface area is 161 Å². The lowest BCUT2D eigenvalue weighted by Crippen LogP contribution is -2.38. The largest absolute Gasteiger partial charge is 0.376 e. The van der Waals surface area contributed by atoms with Crippen molar-refractivity contribution in [2.24, 2.45) is 0 Å². The van der Waals surface area contributed by atoms with E-state index in [2.05, 4.69) is 4.98 Å². The van der Waals surface area contributed by atoms with Gasteiger partial charge in [0.15, 0.2) is 5.13 Å². The maximum Gasteiger partial charge on any atom is 0.263 e. The summed E-state index contributed by atoms with van der Waals surface area (Å²) in [4.78, 5) is 19.3. The van der Waals surface area contributed by atoms with Crippen molar-refractivity contribution in [1.82, 2.24) is 4.98 Å². The Morgan fingerprint density at radius 3 is 2.70 bits per heavy atom. The fraction of sp³-hybridized carbons (Fsp3) is 0.238. The summed E-state index contributed by atoms with van der Waals surface area (Å²) in [6, 6.07) is 15.8. The first-order chi connectivity index (χ1) is 13.2. The van der Waals surface area contributed by atoms with Crippen molar-refractivity contribution in [2.75, 3.05) is 18.1 Å². The predicted molar refractivity (Wildman–Crippen MR) is 105 cm³/mol. The zero-order valence-electron chi connectivity index (χ0n) is 14.7. The van der Waals surface area contributed by atoms with Gasteiger partial charge in [-0.05, 0) is 25.0 Å². The number of benzene rings is 2. The maximum absolute atomic E-state index is 14.2. The van der Waals surface area contributed by atoms with E-state index in [1.165, 1.54) is 23.5 Å². The van der Waals surface area contributed by atoms with Crippen LogP contribution in [0.25, 0.3) is 11.3 Å². The molecule has 4 rings (SSSR count). The minimum Gasteiger partial charge on any atom is -0.376 e. The van der Waals surface area contributed by atoms with E-state index in [1.807, 2.05) is 35.7 Å². The summed E-state index contributed by atoms with van der Waals surface area (Å²) in [5, 5.41) is 2.47. The highest BCUT2D eigenvalue weighted by Gasteiger charge is 2.28. The summed E-state index contributed by atoms with van der Waals surface area (Å²) >= 11 is 1.38. The third kappa shape index (κ3) is 3.91. The lowest BCUT2D eigenvalue weighted by molar-refractivity contribution is 0.0914. The molecule has 0 unspecified atom stereocenters. The number of hydrogen-bond donors (Lipinski definition) is 0. The molecule has 1 aromatic heterocycles. The molecule has 1 atom stereocenters. The van der Waals surface area contributed by atoms with Gasteiger partial charge in [0.1, 0.15) is 5.82 Å². The molecule has 6 heteroatoms. The van der Waals surface area contributed by atoms with Gasteiger partial charge in [0.05, 0.1) is 23.9 Å². The molecule has 1 saturated heterocycles. The summed E-state index contributed by atoms with van der Waals surface area (Å²) < 4.78 is 19.9. The number of ether oxygens (including phenoxy) is 1. The smallest absolute Gasteiger partial charge is 0.263 e. The van der Waals surface area contributed by atoms with Crippen LogP contribution in [-0.4, -0.2) is 30.1 Å². The molecule has 0 spiro atoms. The maximum atomic E-state index is 14.2. The Morgan fingerprint density at radius 1 is 1.19 bits per heavy atom. The van der Waals surface area contributed by atoms with E-state index in [1.54, 1.807) is 17.0 Å². The first-order valence-corrected chi connectivity index (χ1v) is 9.79. The quantitative estimate of drug-likeness (QED) is 0.638. The second-order valence-corrected chi connectivity index (χ2v) is 7.25. The molecule has 0 bridgehead atoms. The third-order valence-corrected chi connectivity index (χ3v) is 5.42. The minimum atomic E-state index is -0.528. The Kier molecular flexibility index (Phi) is 5.27. The first-order valence-electron chi connectivity index (χ1n) is 8.91. The van der Waals surface area contributed by atoms with Crippen LogP contribution in [0.3, 0.4) is 0 Å². The molecule has 2 aromatic carbocycles. The number of halogens is 1. The van der Waals surface area contributed by atoms with Crippen LogP contribution in [0.15, 0.2) is 60.0 Å². The van der Waals surface area contributed by atoms with E-state index in [4.69, 9.17) is 4.74 Å². The van der Waals surface area contributed by atoms with E-state index in [0.717, 1.165) is 24.1 Å². The van der Waals surface area contributed by atoms with E-state index in [9.17, 15) is 9.18 Å². The van der Waals surface area contributed by atoms with Crippen molar-refractivity contribution in [2.45, 2.75) is 18.9 Å². The highest BCUT2D eigenvalue weighted by atomic mass is 32.1. The molecule has 0 radical (unpaired) electrons. The summed E-state index contributed by atoms with van der Waals surface area (Å²) in [6.45, 7) is 1.06. The van der Waals surface area contributed by atoms with Gasteiger partial charge in [0.2, 0.25) is 0 Å². The van der Waals surface area contributed by atoms with Crippen molar-refractivity contribution < 1.29 is 13.9 Å². The van der Waals surface area contributed by atoms with Gasteiger partial charge in [-0.2, -0.15) is 0 Å². The van der Waals surface area contributed by atoms with Gasteiger partial charge in [-0.3, -0.25) is 9.69 Å². The molecule has 27 heavy (non-hydrogen) atoms. The van der Waals surface area contributed by atoms with Crippen LogP contribution in [0.5, 0.6) is 0 Å². The van der Waals surface area contributed by atoms with Crippen molar-refractivity contribution in [3.8, 4) is 11.3 Å². The van der Waals surface area contributed by atoms with E-state index >= 15 is 0 Å². The molecular formula is C21H19FN2O2S. The first kappa shape index (κ1) is 17.8. The van der Waals surface area contributed by atoms with Crippen molar-refractivity contribution >= 4 is 22.4 Å². The Balaban J connectivity index is 1.67. The second kappa shape index (κ2) is 7.98. The number of hydrogen-bond acceptors (Lipinski definition) is 4. The Hall–Kier alpha value is -2.57. The molecule has 0 aliphatic carbocycles. The van der Waals surface area contributed by atoms with Gasteiger partial charge >= 0.3 is 0 Å². The van der Waals surface area contributed by atoms with Crippen molar-refractivity contribution in [1.29, 1.82) is 0 Å². The highest BCUT2D eigenvalue weighted by Crippen LogP contribution is 2.30. The van der Waals surface area contributed by atoms with Gasteiger partial charge in [-0.15, -0.1) is 11.3 Å². The van der Waals surface area contributed by atoms with Crippen LogP contribution in [0.4, 0.5) is 9.52 Å². The summed E-state index contributed by atoms with van der Waals surface area (Å²) in [6.07, 6.45) is 1.81. The number of thiazole rings is 1. The van der Waals surface area contributed by atoms with Gasteiger partial charge in [-0.25, -0.2) is 9.37 Å². The summed E-state index contributed by atoms with van der Waals surface area (Å²) in [5.41, 5.74) is 1.83. The number of amides is 1. The molecule has 1 aliphatic heterocycles. The van der Waals surface area contributed by atoms with E-state index in [-0.39, 0.29) is 11.7 Å². The lowest BCUT2D eigenvalue weighted by atomic mass is 10.1. The van der Waals surface area contributed by atoms with Crippen LogP contribution < -0.4 is 4.90 Å². The fourth-order valence-electron chi connectivity index (χ4n) is 3.15. The number of rotatable bonds is 5. The predicted octanol–water partition coefficient (Wildman–Crippen LogP) is 4.78. The average Bonchev–Trinajstić information content (AvgIpc) is 3.39. The summed E-state index contributed by atoms with van der Waals surface area (Å²) in [5.74, 6) is -0.919. The number of aromatic nitrogens is 1. The van der Waals surface area contributed by atoms with Gasteiger partial charge in [-0.1, -0.05) is 42.5 Å². The molecule has 1 aliphatic rings. The fourth-order valence-corrected chi connectivity index (χ4v) is 3.99. The monoisotopic (exact) mass is 382 g/mol. The molecule has 3 aromatic rings. The number of nitrogens with zero attached hydrogens (tertiary/aromatic N) is 2. The third-order valence-electron chi connectivity index (χ3n) is 4.55. The number of anilines is 1. The molecule has 0 N–H and O–H groups in total.